The number of carbonyl (C=O) groups excluding carboxylic acids is 1. The predicted molar refractivity (Wildman–Crippen MR) is 64.6 cm³/mol. The third-order valence-electron chi connectivity index (χ3n) is 2.30. The van der Waals surface area contributed by atoms with Crippen LogP contribution in [0.2, 0.25) is 5.15 Å². The van der Waals surface area contributed by atoms with E-state index in [9.17, 15) is 13.6 Å². The van der Waals surface area contributed by atoms with Crippen molar-refractivity contribution >= 4 is 17.5 Å². The molecular formula is C12H8ClF2N3O. The summed E-state index contributed by atoms with van der Waals surface area (Å²) in [4.78, 5) is 19.1. The zero-order chi connectivity index (χ0) is 13.8. The van der Waals surface area contributed by atoms with Gasteiger partial charge < -0.3 is 5.32 Å². The Hall–Kier alpha value is -2.08. The standard InChI is InChI=1S/C12H8ClF2N3O/c13-11-6-16-10(5-17-11)12(19)18-4-7-3-8(14)1-2-9(7)15/h1-3,5-6H,4H2,(H,18,19). The third kappa shape index (κ3) is 3.45. The first kappa shape index (κ1) is 13.4. The van der Waals surface area contributed by atoms with Crippen LogP contribution in [0.3, 0.4) is 0 Å². The highest BCUT2D eigenvalue weighted by molar-refractivity contribution is 6.29. The van der Waals surface area contributed by atoms with Crippen LogP contribution >= 0.6 is 11.6 Å². The third-order valence-corrected chi connectivity index (χ3v) is 2.50. The Morgan fingerprint density at radius 2 is 2.05 bits per heavy atom. The van der Waals surface area contributed by atoms with E-state index in [1.807, 2.05) is 0 Å². The van der Waals surface area contributed by atoms with Gasteiger partial charge in [0.2, 0.25) is 0 Å². The van der Waals surface area contributed by atoms with E-state index in [4.69, 9.17) is 11.6 Å². The first-order valence-corrected chi connectivity index (χ1v) is 5.64. The van der Waals surface area contributed by atoms with Crippen molar-refractivity contribution in [3.63, 3.8) is 0 Å². The van der Waals surface area contributed by atoms with Gasteiger partial charge in [-0.3, -0.25) is 4.79 Å². The Labute approximate surface area is 112 Å². The molecule has 0 bridgehead atoms. The van der Waals surface area contributed by atoms with Crippen molar-refractivity contribution < 1.29 is 13.6 Å². The number of hydrogen-bond donors (Lipinski definition) is 1. The second kappa shape index (κ2) is 5.71. The van der Waals surface area contributed by atoms with E-state index in [-0.39, 0.29) is 23.0 Å². The highest BCUT2D eigenvalue weighted by Gasteiger charge is 2.09. The summed E-state index contributed by atoms with van der Waals surface area (Å²) in [6, 6.07) is 3.02. The number of halogens is 3. The Morgan fingerprint density at radius 3 is 2.74 bits per heavy atom. The normalized spacial score (nSPS) is 10.3. The topological polar surface area (TPSA) is 54.9 Å². The molecule has 98 valence electrons. The minimum absolute atomic E-state index is 0.0428. The van der Waals surface area contributed by atoms with Crippen molar-refractivity contribution in [2.24, 2.45) is 0 Å². The molecule has 1 aromatic carbocycles. The zero-order valence-electron chi connectivity index (χ0n) is 9.53. The monoisotopic (exact) mass is 283 g/mol. The molecule has 0 aliphatic heterocycles. The van der Waals surface area contributed by atoms with E-state index >= 15 is 0 Å². The smallest absolute Gasteiger partial charge is 0.271 e. The van der Waals surface area contributed by atoms with Gasteiger partial charge in [0.25, 0.3) is 5.91 Å². The van der Waals surface area contributed by atoms with Crippen molar-refractivity contribution in [3.05, 3.63) is 58.6 Å². The summed E-state index contributed by atoms with van der Waals surface area (Å²) < 4.78 is 26.2. The number of nitrogens with zero attached hydrogens (tertiary/aromatic N) is 2. The molecule has 7 heteroatoms. The summed E-state index contributed by atoms with van der Waals surface area (Å²) in [5, 5.41) is 2.57. The van der Waals surface area contributed by atoms with Gasteiger partial charge in [-0.2, -0.15) is 0 Å². The second-order valence-corrected chi connectivity index (χ2v) is 4.03. The Morgan fingerprint density at radius 1 is 1.26 bits per heavy atom. The van der Waals surface area contributed by atoms with E-state index in [1.165, 1.54) is 12.4 Å². The Balaban J connectivity index is 2.04. The molecule has 0 aliphatic carbocycles. The van der Waals surface area contributed by atoms with Crippen LogP contribution < -0.4 is 5.32 Å². The van der Waals surface area contributed by atoms with Gasteiger partial charge in [-0.1, -0.05) is 11.6 Å². The second-order valence-electron chi connectivity index (χ2n) is 3.64. The molecule has 0 aliphatic rings. The minimum atomic E-state index is -0.594. The lowest BCUT2D eigenvalue weighted by molar-refractivity contribution is 0.0945. The van der Waals surface area contributed by atoms with Crippen LogP contribution in [-0.2, 0) is 6.54 Å². The molecule has 0 atom stereocenters. The van der Waals surface area contributed by atoms with E-state index in [0.717, 1.165) is 18.2 Å². The average molecular weight is 284 g/mol. The summed E-state index contributed by atoms with van der Waals surface area (Å²) in [7, 11) is 0. The van der Waals surface area contributed by atoms with Crippen molar-refractivity contribution in [1.82, 2.24) is 15.3 Å². The molecule has 1 aromatic heterocycles. The molecular weight excluding hydrogens is 276 g/mol. The van der Waals surface area contributed by atoms with Crippen molar-refractivity contribution in [3.8, 4) is 0 Å². The number of amides is 1. The van der Waals surface area contributed by atoms with Crippen LogP contribution in [0.5, 0.6) is 0 Å². The molecule has 0 saturated heterocycles. The Kier molecular flexibility index (Phi) is 4.01. The van der Waals surface area contributed by atoms with Crippen LogP contribution in [0.25, 0.3) is 0 Å². The lowest BCUT2D eigenvalue weighted by atomic mass is 10.2. The Bertz CT molecular complexity index is 604. The molecule has 0 radical (unpaired) electrons. The zero-order valence-corrected chi connectivity index (χ0v) is 10.3. The molecule has 0 spiro atoms. The number of benzene rings is 1. The van der Waals surface area contributed by atoms with Crippen LogP contribution in [0, 0.1) is 11.6 Å². The number of hydrogen-bond acceptors (Lipinski definition) is 3. The SMILES string of the molecule is O=C(NCc1cc(F)ccc1F)c1cnc(Cl)cn1. The molecule has 0 fully saturated rings. The lowest BCUT2D eigenvalue weighted by Gasteiger charge is -2.06. The van der Waals surface area contributed by atoms with Gasteiger partial charge in [0, 0.05) is 12.1 Å². The summed E-state index contributed by atoms with van der Waals surface area (Å²) >= 11 is 5.53. The van der Waals surface area contributed by atoms with Gasteiger partial charge in [0.05, 0.1) is 12.4 Å². The average Bonchev–Trinajstić information content (AvgIpc) is 2.40. The molecule has 1 amide bonds. The minimum Gasteiger partial charge on any atom is -0.346 e. The van der Waals surface area contributed by atoms with Gasteiger partial charge in [-0.15, -0.1) is 0 Å². The predicted octanol–water partition coefficient (Wildman–Crippen LogP) is 2.34. The summed E-state index contributed by atoms with van der Waals surface area (Å²) in [6.45, 7) is -0.146. The number of carbonyl (C=O) groups is 1. The van der Waals surface area contributed by atoms with Gasteiger partial charge in [0.15, 0.2) is 0 Å². The number of nitrogens with one attached hydrogen (secondary N) is 1. The molecule has 19 heavy (non-hydrogen) atoms. The molecule has 0 unspecified atom stereocenters. The maximum atomic E-state index is 13.3. The van der Waals surface area contributed by atoms with Crippen molar-refractivity contribution in [2.75, 3.05) is 0 Å². The van der Waals surface area contributed by atoms with E-state index in [1.54, 1.807) is 0 Å². The highest BCUT2D eigenvalue weighted by atomic mass is 35.5. The summed E-state index contributed by atoms with van der Waals surface area (Å²) in [5.74, 6) is -1.71. The molecule has 4 nitrogen and oxygen atoms in total. The maximum absolute atomic E-state index is 13.3. The first-order chi connectivity index (χ1) is 9.06. The molecule has 1 N–H and O–H groups in total. The van der Waals surface area contributed by atoms with Gasteiger partial charge in [-0.25, -0.2) is 18.7 Å². The maximum Gasteiger partial charge on any atom is 0.271 e. The summed E-state index contributed by atoms with van der Waals surface area (Å²) in [6.07, 6.45) is 2.42. The van der Waals surface area contributed by atoms with Gasteiger partial charge >= 0.3 is 0 Å². The lowest BCUT2D eigenvalue weighted by Crippen LogP contribution is -2.24. The van der Waals surface area contributed by atoms with Crippen LogP contribution in [-0.4, -0.2) is 15.9 Å². The van der Waals surface area contributed by atoms with E-state index < -0.39 is 17.5 Å². The largest absolute Gasteiger partial charge is 0.346 e. The highest BCUT2D eigenvalue weighted by Crippen LogP contribution is 2.09. The number of aromatic nitrogens is 2. The van der Waals surface area contributed by atoms with Crippen LogP contribution in [0.4, 0.5) is 8.78 Å². The number of rotatable bonds is 3. The first-order valence-electron chi connectivity index (χ1n) is 5.26. The molecule has 2 rings (SSSR count). The van der Waals surface area contributed by atoms with Crippen molar-refractivity contribution in [2.45, 2.75) is 6.54 Å². The van der Waals surface area contributed by atoms with E-state index in [2.05, 4.69) is 15.3 Å². The quantitative estimate of drug-likeness (QED) is 0.941. The van der Waals surface area contributed by atoms with Crippen LogP contribution in [0.1, 0.15) is 16.1 Å². The van der Waals surface area contributed by atoms with Crippen molar-refractivity contribution in [1.29, 1.82) is 0 Å². The molecule has 1 heterocycles. The fourth-order valence-corrected chi connectivity index (χ4v) is 1.47. The van der Waals surface area contributed by atoms with Gasteiger partial charge in [0.1, 0.15) is 22.5 Å². The molecule has 2 aromatic rings. The fraction of sp³-hybridized carbons (Fsp3) is 0.0833. The fourth-order valence-electron chi connectivity index (χ4n) is 1.37. The van der Waals surface area contributed by atoms with E-state index in [0.29, 0.717) is 0 Å². The van der Waals surface area contributed by atoms with Crippen LogP contribution in [0.15, 0.2) is 30.6 Å². The summed E-state index contributed by atoms with van der Waals surface area (Å²) in [5.41, 5.74) is 0.0940. The molecule has 0 saturated carbocycles. The van der Waals surface area contributed by atoms with Gasteiger partial charge in [-0.05, 0) is 18.2 Å².